The Labute approximate surface area is 96.0 Å². The van der Waals surface area contributed by atoms with Gasteiger partial charge in [-0.15, -0.1) is 0 Å². The molecule has 0 saturated carbocycles. The molecule has 4 heteroatoms. The smallest absolute Gasteiger partial charge is 0.203 e. The molecule has 1 rings (SSSR count). The van der Waals surface area contributed by atoms with Crippen LogP contribution in [0.25, 0.3) is 0 Å². The highest BCUT2D eigenvalue weighted by Crippen LogP contribution is 2.39. The molecule has 0 amide bonds. The van der Waals surface area contributed by atoms with Crippen molar-refractivity contribution in [2.75, 3.05) is 20.8 Å². The maximum absolute atomic E-state index is 9.96. The van der Waals surface area contributed by atoms with Crippen molar-refractivity contribution in [3.63, 3.8) is 0 Å². The molecule has 0 aliphatic heterocycles. The second kappa shape index (κ2) is 6.23. The maximum Gasteiger partial charge on any atom is 0.203 e. The van der Waals surface area contributed by atoms with Crippen molar-refractivity contribution in [1.29, 1.82) is 0 Å². The van der Waals surface area contributed by atoms with E-state index in [9.17, 15) is 5.11 Å². The first-order chi connectivity index (χ1) is 7.74. The highest BCUT2D eigenvalue weighted by atomic mass is 16.5. The van der Waals surface area contributed by atoms with E-state index in [-0.39, 0.29) is 5.75 Å². The van der Waals surface area contributed by atoms with E-state index in [4.69, 9.17) is 15.2 Å². The van der Waals surface area contributed by atoms with Crippen LogP contribution in [0, 0.1) is 0 Å². The second-order valence-corrected chi connectivity index (χ2v) is 3.55. The predicted octanol–water partition coefficient (Wildman–Crippen LogP) is 1.69. The molecule has 0 unspecified atom stereocenters. The van der Waals surface area contributed by atoms with Crippen LogP contribution in [0.3, 0.4) is 0 Å². The summed E-state index contributed by atoms with van der Waals surface area (Å²) in [4.78, 5) is 0. The van der Waals surface area contributed by atoms with Gasteiger partial charge in [-0.3, -0.25) is 0 Å². The Morgan fingerprint density at radius 2 is 1.94 bits per heavy atom. The van der Waals surface area contributed by atoms with Crippen LogP contribution in [0.1, 0.15) is 18.4 Å². The van der Waals surface area contributed by atoms with Crippen LogP contribution in [-0.4, -0.2) is 25.9 Å². The van der Waals surface area contributed by atoms with Crippen molar-refractivity contribution in [2.45, 2.75) is 19.3 Å². The highest BCUT2D eigenvalue weighted by Gasteiger charge is 2.13. The molecule has 4 nitrogen and oxygen atoms in total. The number of hydrogen-bond donors (Lipinski definition) is 2. The van der Waals surface area contributed by atoms with E-state index in [1.807, 2.05) is 6.07 Å². The lowest BCUT2D eigenvalue weighted by Crippen LogP contribution is -1.99. The van der Waals surface area contributed by atoms with Crippen LogP contribution in [0.2, 0.25) is 0 Å². The van der Waals surface area contributed by atoms with E-state index in [1.165, 1.54) is 7.11 Å². The summed E-state index contributed by atoms with van der Waals surface area (Å²) in [6, 6.07) is 3.66. The Morgan fingerprint density at radius 3 is 2.50 bits per heavy atom. The average molecular weight is 225 g/mol. The molecule has 1 aromatic carbocycles. The summed E-state index contributed by atoms with van der Waals surface area (Å²) in [5.74, 6) is 1.11. The Kier molecular flexibility index (Phi) is 4.92. The number of aromatic hydroxyl groups is 1. The molecule has 0 atom stereocenters. The van der Waals surface area contributed by atoms with Crippen molar-refractivity contribution in [1.82, 2.24) is 0 Å². The van der Waals surface area contributed by atoms with E-state index in [0.29, 0.717) is 18.0 Å². The Morgan fingerprint density at radius 1 is 1.19 bits per heavy atom. The van der Waals surface area contributed by atoms with Crippen LogP contribution in [0.5, 0.6) is 17.2 Å². The fraction of sp³-hybridized carbons (Fsp3) is 0.500. The number of phenolic OH excluding ortho intramolecular Hbond substituents is 1. The zero-order valence-corrected chi connectivity index (χ0v) is 9.82. The van der Waals surface area contributed by atoms with E-state index in [2.05, 4.69) is 0 Å². The van der Waals surface area contributed by atoms with Crippen molar-refractivity contribution < 1.29 is 14.6 Å². The molecule has 0 aromatic heterocycles. The van der Waals surface area contributed by atoms with Gasteiger partial charge in [-0.25, -0.2) is 0 Å². The molecule has 90 valence electrons. The monoisotopic (exact) mass is 225 g/mol. The molecular weight excluding hydrogens is 206 g/mol. The van der Waals surface area contributed by atoms with Gasteiger partial charge in [0.2, 0.25) is 5.75 Å². The Balaban J connectivity index is 2.86. The van der Waals surface area contributed by atoms with Crippen LogP contribution in [0.4, 0.5) is 0 Å². The van der Waals surface area contributed by atoms with Gasteiger partial charge in [-0.2, -0.15) is 0 Å². The second-order valence-electron chi connectivity index (χ2n) is 3.55. The minimum atomic E-state index is 0.166. The summed E-state index contributed by atoms with van der Waals surface area (Å²) >= 11 is 0. The fourth-order valence-corrected chi connectivity index (χ4v) is 1.61. The summed E-state index contributed by atoms with van der Waals surface area (Å²) in [6.07, 6.45) is 2.71. The van der Waals surface area contributed by atoms with Gasteiger partial charge in [-0.1, -0.05) is 6.07 Å². The van der Waals surface area contributed by atoms with Crippen molar-refractivity contribution in [2.24, 2.45) is 5.73 Å². The minimum Gasteiger partial charge on any atom is -0.504 e. The number of unbranched alkanes of at least 4 members (excludes halogenated alkanes) is 1. The lowest BCUT2D eigenvalue weighted by atomic mass is 10.1. The van der Waals surface area contributed by atoms with Crippen molar-refractivity contribution in [3.8, 4) is 17.2 Å². The first kappa shape index (κ1) is 12.6. The first-order valence-corrected chi connectivity index (χ1v) is 5.37. The molecule has 3 N–H and O–H groups in total. The van der Waals surface area contributed by atoms with Gasteiger partial charge in [0.1, 0.15) is 0 Å². The lowest BCUT2D eigenvalue weighted by Gasteiger charge is -2.12. The normalized spacial score (nSPS) is 10.2. The molecule has 0 aliphatic rings. The van der Waals surface area contributed by atoms with Gasteiger partial charge in [0.25, 0.3) is 0 Å². The van der Waals surface area contributed by atoms with E-state index in [0.717, 1.165) is 24.8 Å². The Hall–Kier alpha value is -1.42. The molecule has 0 fully saturated rings. The molecule has 0 heterocycles. The largest absolute Gasteiger partial charge is 0.504 e. The standard InChI is InChI=1S/C12H19NO3/c1-15-10-7-6-9(5-3-4-8-13)11(14)12(10)16-2/h6-7,14H,3-5,8,13H2,1-2H3. The molecule has 0 aliphatic carbocycles. The number of phenols is 1. The van der Waals surface area contributed by atoms with Crippen LogP contribution in [0.15, 0.2) is 12.1 Å². The number of benzene rings is 1. The third kappa shape index (κ3) is 2.79. The van der Waals surface area contributed by atoms with Gasteiger partial charge >= 0.3 is 0 Å². The van der Waals surface area contributed by atoms with Crippen molar-refractivity contribution in [3.05, 3.63) is 17.7 Å². The third-order valence-electron chi connectivity index (χ3n) is 2.50. The number of aryl methyl sites for hydroxylation is 1. The minimum absolute atomic E-state index is 0.166. The van der Waals surface area contributed by atoms with E-state index in [1.54, 1.807) is 13.2 Å². The summed E-state index contributed by atoms with van der Waals surface area (Å²) in [5.41, 5.74) is 6.29. The SMILES string of the molecule is COc1ccc(CCCCN)c(O)c1OC. The molecule has 0 radical (unpaired) electrons. The molecule has 16 heavy (non-hydrogen) atoms. The molecule has 0 bridgehead atoms. The van der Waals surface area contributed by atoms with E-state index < -0.39 is 0 Å². The van der Waals surface area contributed by atoms with Crippen LogP contribution >= 0.6 is 0 Å². The number of methoxy groups -OCH3 is 2. The molecular formula is C12H19NO3. The zero-order chi connectivity index (χ0) is 12.0. The third-order valence-corrected chi connectivity index (χ3v) is 2.50. The predicted molar refractivity (Wildman–Crippen MR) is 63.2 cm³/mol. The summed E-state index contributed by atoms with van der Waals surface area (Å²) in [6.45, 7) is 0.675. The summed E-state index contributed by atoms with van der Waals surface area (Å²) in [5, 5.41) is 9.96. The van der Waals surface area contributed by atoms with E-state index >= 15 is 0 Å². The summed E-state index contributed by atoms with van der Waals surface area (Å²) < 4.78 is 10.2. The first-order valence-electron chi connectivity index (χ1n) is 5.37. The van der Waals surface area contributed by atoms with Gasteiger partial charge in [0.15, 0.2) is 11.5 Å². The quantitative estimate of drug-likeness (QED) is 0.723. The van der Waals surface area contributed by atoms with Gasteiger partial charge < -0.3 is 20.3 Å². The Bertz CT molecular complexity index is 339. The lowest BCUT2D eigenvalue weighted by molar-refractivity contribution is 0.331. The van der Waals surface area contributed by atoms with Gasteiger partial charge in [0, 0.05) is 0 Å². The fourth-order valence-electron chi connectivity index (χ4n) is 1.61. The van der Waals surface area contributed by atoms with Crippen molar-refractivity contribution >= 4 is 0 Å². The summed E-state index contributed by atoms with van der Waals surface area (Å²) in [7, 11) is 3.06. The number of rotatable bonds is 6. The topological polar surface area (TPSA) is 64.7 Å². The number of nitrogens with two attached hydrogens (primary N) is 1. The van der Waals surface area contributed by atoms with Gasteiger partial charge in [-0.05, 0) is 37.4 Å². The van der Waals surface area contributed by atoms with Crippen LogP contribution < -0.4 is 15.2 Å². The molecule has 0 spiro atoms. The zero-order valence-electron chi connectivity index (χ0n) is 9.82. The molecule has 1 aromatic rings. The highest BCUT2D eigenvalue weighted by molar-refractivity contribution is 5.54. The maximum atomic E-state index is 9.96. The van der Waals surface area contributed by atoms with Gasteiger partial charge in [0.05, 0.1) is 14.2 Å². The number of ether oxygens (including phenoxy) is 2. The number of hydrogen-bond acceptors (Lipinski definition) is 4. The van der Waals surface area contributed by atoms with Crippen LogP contribution in [-0.2, 0) is 6.42 Å². The molecule has 0 saturated heterocycles. The average Bonchev–Trinajstić information content (AvgIpc) is 2.31.